The Balaban J connectivity index is 2.37. The second-order valence-electron chi connectivity index (χ2n) is 3.19. The summed E-state index contributed by atoms with van der Waals surface area (Å²) < 4.78 is 0. The van der Waals surface area contributed by atoms with Gasteiger partial charge in [-0.3, -0.25) is 0 Å². The largest absolute Gasteiger partial charge is 0.411 e. The Morgan fingerprint density at radius 2 is 1.92 bits per heavy atom. The molecule has 0 spiro atoms. The quantitative estimate of drug-likeness (QED) is 0.514. The van der Waals surface area contributed by atoms with Gasteiger partial charge in [0.1, 0.15) is 0 Å². The van der Waals surface area contributed by atoms with Crippen LogP contribution < -0.4 is 0 Å². The standard InChI is InChI=1S/C11H11NO/c1-8-10(7-11(8)12-13)9-5-3-2-4-6-9/h2-6,13H,7H2,1H3. The van der Waals surface area contributed by atoms with Crippen LogP contribution >= 0.6 is 0 Å². The van der Waals surface area contributed by atoms with Crippen molar-refractivity contribution in [1.29, 1.82) is 0 Å². The van der Waals surface area contributed by atoms with E-state index >= 15 is 0 Å². The number of rotatable bonds is 1. The molecule has 66 valence electrons. The fraction of sp³-hybridized carbons (Fsp3) is 0.182. The van der Waals surface area contributed by atoms with Crippen molar-refractivity contribution in [3.8, 4) is 0 Å². The van der Waals surface area contributed by atoms with Gasteiger partial charge in [-0.2, -0.15) is 0 Å². The summed E-state index contributed by atoms with van der Waals surface area (Å²) in [6.45, 7) is 1.99. The van der Waals surface area contributed by atoms with Gasteiger partial charge in [0.25, 0.3) is 0 Å². The summed E-state index contributed by atoms with van der Waals surface area (Å²) in [5.41, 5.74) is 4.42. The zero-order valence-electron chi connectivity index (χ0n) is 7.49. The third-order valence-corrected chi connectivity index (χ3v) is 2.47. The Morgan fingerprint density at radius 3 is 2.46 bits per heavy atom. The molecule has 0 saturated carbocycles. The molecule has 0 bridgehead atoms. The van der Waals surface area contributed by atoms with Crippen LogP contribution in [0.1, 0.15) is 18.9 Å². The molecule has 0 aromatic heterocycles. The molecule has 0 saturated heterocycles. The van der Waals surface area contributed by atoms with Crippen LogP contribution in [0.25, 0.3) is 5.57 Å². The maximum atomic E-state index is 8.57. The molecule has 1 aromatic rings. The van der Waals surface area contributed by atoms with Gasteiger partial charge in [0.05, 0.1) is 5.71 Å². The van der Waals surface area contributed by atoms with Crippen LogP contribution in [0.5, 0.6) is 0 Å². The minimum absolute atomic E-state index is 0.784. The van der Waals surface area contributed by atoms with E-state index in [1.807, 2.05) is 25.1 Å². The highest BCUT2D eigenvalue weighted by Crippen LogP contribution is 2.33. The molecule has 2 nitrogen and oxygen atoms in total. The number of hydrogen-bond donors (Lipinski definition) is 1. The maximum absolute atomic E-state index is 8.57. The van der Waals surface area contributed by atoms with E-state index in [9.17, 15) is 0 Å². The smallest absolute Gasteiger partial charge is 0.0871 e. The molecule has 0 atom stereocenters. The van der Waals surface area contributed by atoms with Crippen LogP contribution in [0, 0.1) is 0 Å². The molecule has 0 amide bonds. The monoisotopic (exact) mass is 173 g/mol. The molecule has 2 heteroatoms. The van der Waals surface area contributed by atoms with E-state index in [0.29, 0.717) is 0 Å². The topological polar surface area (TPSA) is 32.6 Å². The van der Waals surface area contributed by atoms with Crippen LogP contribution in [-0.2, 0) is 0 Å². The molecule has 0 fully saturated rings. The zero-order valence-corrected chi connectivity index (χ0v) is 7.49. The number of oxime groups is 1. The highest BCUT2D eigenvalue weighted by atomic mass is 16.4. The Hall–Kier alpha value is -1.57. The summed E-state index contributed by atoms with van der Waals surface area (Å²) in [7, 11) is 0. The van der Waals surface area contributed by atoms with Gasteiger partial charge < -0.3 is 5.21 Å². The lowest BCUT2D eigenvalue weighted by atomic mass is 9.83. The van der Waals surface area contributed by atoms with Crippen LogP contribution in [0.3, 0.4) is 0 Å². The van der Waals surface area contributed by atoms with E-state index in [1.54, 1.807) is 0 Å². The summed E-state index contributed by atoms with van der Waals surface area (Å²) in [5, 5.41) is 11.8. The highest BCUT2D eigenvalue weighted by Gasteiger charge is 2.22. The minimum Gasteiger partial charge on any atom is -0.411 e. The third-order valence-electron chi connectivity index (χ3n) is 2.47. The number of nitrogens with zero attached hydrogens (tertiary/aromatic N) is 1. The average molecular weight is 173 g/mol. The first-order valence-corrected chi connectivity index (χ1v) is 4.29. The van der Waals surface area contributed by atoms with Crippen molar-refractivity contribution in [2.24, 2.45) is 5.16 Å². The first-order chi connectivity index (χ1) is 6.33. The summed E-state index contributed by atoms with van der Waals surface area (Å²) in [5.74, 6) is 0. The van der Waals surface area contributed by atoms with E-state index in [2.05, 4.69) is 17.3 Å². The van der Waals surface area contributed by atoms with Crippen molar-refractivity contribution in [3.63, 3.8) is 0 Å². The first-order valence-electron chi connectivity index (χ1n) is 4.29. The Bertz CT molecular complexity index is 376. The van der Waals surface area contributed by atoms with Crippen LogP contribution in [-0.4, -0.2) is 10.9 Å². The number of benzene rings is 1. The zero-order chi connectivity index (χ0) is 9.26. The number of hydrogen-bond acceptors (Lipinski definition) is 2. The van der Waals surface area contributed by atoms with Crippen molar-refractivity contribution in [3.05, 3.63) is 41.5 Å². The van der Waals surface area contributed by atoms with Gasteiger partial charge >= 0.3 is 0 Å². The van der Waals surface area contributed by atoms with Crippen molar-refractivity contribution >= 4 is 11.3 Å². The fourth-order valence-corrected chi connectivity index (χ4v) is 1.57. The molecule has 1 N–H and O–H groups in total. The first kappa shape index (κ1) is 8.05. The predicted molar refractivity (Wildman–Crippen MR) is 52.9 cm³/mol. The van der Waals surface area contributed by atoms with Crippen LogP contribution in [0.15, 0.2) is 41.1 Å². The van der Waals surface area contributed by atoms with Crippen molar-refractivity contribution in [2.75, 3.05) is 0 Å². The van der Waals surface area contributed by atoms with Gasteiger partial charge in [-0.05, 0) is 23.6 Å². The van der Waals surface area contributed by atoms with E-state index in [0.717, 1.165) is 17.7 Å². The second kappa shape index (κ2) is 3.05. The average Bonchev–Trinajstić information content (AvgIpc) is 2.18. The van der Waals surface area contributed by atoms with E-state index in [4.69, 9.17) is 5.21 Å². The van der Waals surface area contributed by atoms with Crippen molar-refractivity contribution in [1.82, 2.24) is 0 Å². The van der Waals surface area contributed by atoms with Gasteiger partial charge in [0.15, 0.2) is 0 Å². The maximum Gasteiger partial charge on any atom is 0.0871 e. The predicted octanol–water partition coefficient (Wildman–Crippen LogP) is 2.69. The van der Waals surface area contributed by atoms with Crippen molar-refractivity contribution in [2.45, 2.75) is 13.3 Å². The summed E-state index contributed by atoms with van der Waals surface area (Å²) in [6, 6.07) is 10.2. The SMILES string of the molecule is CC1=C(c2ccccc2)CC1=NO. The molecular weight excluding hydrogens is 162 g/mol. The van der Waals surface area contributed by atoms with Crippen LogP contribution in [0.4, 0.5) is 0 Å². The van der Waals surface area contributed by atoms with Gasteiger partial charge in [0, 0.05) is 6.42 Å². The van der Waals surface area contributed by atoms with Gasteiger partial charge in [-0.1, -0.05) is 35.5 Å². The molecule has 0 heterocycles. The molecule has 13 heavy (non-hydrogen) atoms. The molecule has 2 rings (SSSR count). The lowest BCUT2D eigenvalue weighted by molar-refractivity contribution is 0.318. The molecule has 1 aromatic carbocycles. The Morgan fingerprint density at radius 1 is 1.23 bits per heavy atom. The highest BCUT2D eigenvalue weighted by molar-refractivity contribution is 6.18. The van der Waals surface area contributed by atoms with Gasteiger partial charge in [0.2, 0.25) is 0 Å². The molecule has 0 aliphatic heterocycles. The van der Waals surface area contributed by atoms with E-state index < -0.39 is 0 Å². The van der Waals surface area contributed by atoms with E-state index in [1.165, 1.54) is 11.1 Å². The molecule has 1 aliphatic carbocycles. The van der Waals surface area contributed by atoms with Crippen molar-refractivity contribution < 1.29 is 5.21 Å². The third kappa shape index (κ3) is 1.24. The lowest BCUT2D eigenvalue weighted by Crippen LogP contribution is -2.15. The molecule has 1 aliphatic rings. The summed E-state index contributed by atoms with van der Waals surface area (Å²) in [4.78, 5) is 0. The van der Waals surface area contributed by atoms with E-state index in [-0.39, 0.29) is 0 Å². The normalized spacial score (nSPS) is 19.0. The summed E-state index contributed by atoms with van der Waals surface area (Å²) in [6.07, 6.45) is 0.784. The lowest BCUT2D eigenvalue weighted by Gasteiger charge is -2.22. The Labute approximate surface area is 77.2 Å². The fourth-order valence-electron chi connectivity index (χ4n) is 1.57. The van der Waals surface area contributed by atoms with Gasteiger partial charge in [-0.15, -0.1) is 0 Å². The van der Waals surface area contributed by atoms with Crippen LogP contribution in [0.2, 0.25) is 0 Å². The Kier molecular flexibility index (Phi) is 1.89. The molecule has 0 unspecified atom stereocenters. The number of allylic oxidation sites excluding steroid dienone is 2. The molecule has 0 radical (unpaired) electrons. The van der Waals surface area contributed by atoms with Gasteiger partial charge in [-0.25, -0.2) is 0 Å². The second-order valence-corrected chi connectivity index (χ2v) is 3.19. The minimum atomic E-state index is 0.784. The summed E-state index contributed by atoms with van der Waals surface area (Å²) >= 11 is 0. The molecular formula is C11H11NO.